The number of anilines is 2. The summed E-state index contributed by atoms with van der Waals surface area (Å²) in [4.78, 5) is 13.8. The molecule has 0 amide bonds. The topological polar surface area (TPSA) is 44.3 Å². The Kier molecular flexibility index (Phi) is 7.00. The Balaban J connectivity index is 2.23. The fourth-order valence-corrected chi connectivity index (χ4v) is 2.54. The summed E-state index contributed by atoms with van der Waals surface area (Å²) in [5, 5.41) is 3.45. The summed E-state index contributed by atoms with van der Waals surface area (Å²) >= 11 is 0. The summed E-state index contributed by atoms with van der Waals surface area (Å²) in [7, 11) is 4.19. The first-order valence-electron chi connectivity index (χ1n) is 8.72. The zero-order chi connectivity index (χ0) is 17.4. The Morgan fingerprint density at radius 3 is 2.33 bits per heavy atom. The van der Waals surface area contributed by atoms with Crippen LogP contribution >= 0.6 is 0 Å². The molecule has 24 heavy (non-hydrogen) atoms. The average Bonchev–Trinajstić information content (AvgIpc) is 2.60. The molecule has 5 nitrogen and oxygen atoms in total. The van der Waals surface area contributed by atoms with Crippen molar-refractivity contribution in [1.82, 2.24) is 14.9 Å². The molecule has 0 fully saturated rings. The van der Waals surface area contributed by atoms with Crippen LogP contribution in [-0.2, 0) is 0 Å². The van der Waals surface area contributed by atoms with E-state index in [0.717, 1.165) is 55.6 Å². The van der Waals surface area contributed by atoms with Gasteiger partial charge in [0.1, 0.15) is 5.82 Å². The summed E-state index contributed by atoms with van der Waals surface area (Å²) in [5.74, 6) is 1.68. The number of hydrogen-bond acceptors (Lipinski definition) is 5. The van der Waals surface area contributed by atoms with E-state index in [2.05, 4.69) is 55.2 Å². The summed E-state index contributed by atoms with van der Waals surface area (Å²) in [6, 6.07) is 12.3. The van der Waals surface area contributed by atoms with Gasteiger partial charge >= 0.3 is 0 Å². The fraction of sp³-hybridized carbons (Fsp3) is 0.474. The molecule has 0 radical (unpaired) electrons. The minimum atomic E-state index is 0.788. The Labute approximate surface area is 145 Å². The van der Waals surface area contributed by atoms with Gasteiger partial charge in [-0.1, -0.05) is 30.3 Å². The molecule has 0 spiro atoms. The van der Waals surface area contributed by atoms with Gasteiger partial charge in [0, 0.05) is 31.3 Å². The van der Waals surface area contributed by atoms with Gasteiger partial charge in [-0.3, -0.25) is 0 Å². The van der Waals surface area contributed by atoms with Gasteiger partial charge in [0.05, 0.1) is 5.69 Å². The van der Waals surface area contributed by atoms with Crippen LogP contribution in [0.25, 0.3) is 11.3 Å². The van der Waals surface area contributed by atoms with Crippen molar-refractivity contribution in [3.05, 3.63) is 36.4 Å². The van der Waals surface area contributed by atoms with Crippen molar-refractivity contribution in [2.75, 3.05) is 50.5 Å². The minimum Gasteiger partial charge on any atom is -0.370 e. The number of aromatic nitrogens is 2. The zero-order valence-electron chi connectivity index (χ0n) is 15.3. The molecule has 0 aliphatic heterocycles. The van der Waals surface area contributed by atoms with E-state index in [0.29, 0.717) is 0 Å². The largest absolute Gasteiger partial charge is 0.370 e. The monoisotopic (exact) mass is 327 g/mol. The van der Waals surface area contributed by atoms with Crippen LogP contribution in [0.1, 0.15) is 20.3 Å². The molecule has 2 rings (SSSR count). The van der Waals surface area contributed by atoms with E-state index in [-0.39, 0.29) is 0 Å². The van der Waals surface area contributed by atoms with Crippen LogP contribution in [0.4, 0.5) is 11.8 Å². The highest BCUT2D eigenvalue weighted by molar-refractivity contribution is 5.64. The second kappa shape index (κ2) is 9.23. The van der Waals surface area contributed by atoms with Crippen molar-refractivity contribution in [3.63, 3.8) is 0 Å². The molecule has 0 bridgehead atoms. The van der Waals surface area contributed by atoms with E-state index in [1.165, 1.54) is 0 Å². The molecule has 1 aromatic carbocycles. The predicted octanol–water partition coefficient (Wildman–Crippen LogP) is 3.35. The van der Waals surface area contributed by atoms with Gasteiger partial charge in [-0.05, 0) is 40.9 Å². The van der Waals surface area contributed by atoms with Crippen molar-refractivity contribution < 1.29 is 0 Å². The molecule has 0 saturated carbocycles. The minimum absolute atomic E-state index is 0.788. The lowest BCUT2D eigenvalue weighted by Crippen LogP contribution is -2.25. The van der Waals surface area contributed by atoms with Crippen molar-refractivity contribution in [2.45, 2.75) is 20.3 Å². The van der Waals surface area contributed by atoms with Crippen LogP contribution in [-0.4, -0.2) is 55.1 Å². The highest BCUT2D eigenvalue weighted by Gasteiger charge is 2.11. The van der Waals surface area contributed by atoms with Gasteiger partial charge in [-0.25, -0.2) is 4.98 Å². The second-order valence-electron chi connectivity index (χ2n) is 6.06. The summed E-state index contributed by atoms with van der Waals surface area (Å²) < 4.78 is 0. The van der Waals surface area contributed by atoms with Crippen molar-refractivity contribution in [3.8, 4) is 11.3 Å². The van der Waals surface area contributed by atoms with Gasteiger partial charge in [0.25, 0.3) is 0 Å². The van der Waals surface area contributed by atoms with Crippen LogP contribution in [0.3, 0.4) is 0 Å². The summed E-state index contributed by atoms with van der Waals surface area (Å²) in [5.41, 5.74) is 2.08. The first-order valence-corrected chi connectivity index (χ1v) is 8.72. The fourth-order valence-electron chi connectivity index (χ4n) is 2.54. The quantitative estimate of drug-likeness (QED) is 0.716. The molecule has 0 atom stereocenters. The predicted molar refractivity (Wildman–Crippen MR) is 103 cm³/mol. The standard InChI is InChI=1S/C19H29N5/c1-5-24(6-2)19-21-17(16-11-8-7-9-12-16)15-18(22-19)20-13-10-14-23(3)4/h7-9,11-12,15H,5-6,10,13-14H2,1-4H3,(H,20,21,22). The molecule has 1 heterocycles. The van der Waals surface area contributed by atoms with E-state index >= 15 is 0 Å². The van der Waals surface area contributed by atoms with Crippen LogP contribution in [0.15, 0.2) is 36.4 Å². The van der Waals surface area contributed by atoms with Gasteiger partial charge < -0.3 is 15.1 Å². The van der Waals surface area contributed by atoms with Crippen molar-refractivity contribution in [1.29, 1.82) is 0 Å². The normalized spacial score (nSPS) is 10.9. The summed E-state index contributed by atoms with van der Waals surface area (Å²) in [6.45, 7) is 8.02. The van der Waals surface area contributed by atoms with E-state index in [4.69, 9.17) is 9.97 Å². The Morgan fingerprint density at radius 2 is 1.71 bits per heavy atom. The molecule has 2 aromatic rings. The maximum atomic E-state index is 4.77. The average molecular weight is 327 g/mol. The second-order valence-corrected chi connectivity index (χ2v) is 6.06. The third kappa shape index (κ3) is 5.20. The van der Waals surface area contributed by atoms with Gasteiger partial charge in [0.15, 0.2) is 0 Å². The Hall–Kier alpha value is -2.14. The number of rotatable bonds is 9. The van der Waals surface area contributed by atoms with Crippen molar-refractivity contribution >= 4 is 11.8 Å². The van der Waals surface area contributed by atoms with Gasteiger partial charge in [-0.15, -0.1) is 0 Å². The molecule has 5 heteroatoms. The molecular weight excluding hydrogens is 298 g/mol. The lowest BCUT2D eigenvalue weighted by Gasteiger charge is -2.20. The van der Waals surface area contributed by atoms with E-state index in [9.17, 15) is 0 Å². The van der Waals surface area contributed by atoms with Crippen LogP contribution in [0.2, 0.25) is 0 Å². The molecular formula is C19H29N5. The third-order valence-corrected chi connectivity index (χ3v) is 3.92. The lowest BCUT2D eigenvalue weighted by atomic mass is 10.1. The maximum Gasteiger partial charge on any atom is 0.227 e. The first kappa shape index (κ1) is 18.2. The smallest absolute Gasteiger partial charge is 0.227 e. The molecule has 0 aliphatic carbocycles. The van der Waals surface area contributed by atoms with Gasteiger partial charge in [0.2, 0.25) is 5.95 Å². The van der Waals surface area contributed by atoms with E-state index in [1.54, 1.807) is 0 Å². The SMILES string of the molecule is CCN(CC)c1nc(NCCCN(C)C)cc(-c2ccccc2)n1. The molecule has 0 saturated heterocycles. The molecule has 1 N–H and O–H groups in total. The highest BCUT2D eigenvalue weighted by atomic mass is 15.3. The number of nitrogens with one attached hydrogen (secondary N) is 1. The van der Waals surface area contributed by atoms with E-state index < -0.39 is 0 Å². The maximum absolute atomic E-state index is 4.77. The van der Waals surface area contributed by atoms with Gasteiger partial charge in [-0.2, -0.15) is 4.98 Å². The highest BCUT2D eigenvalue weighted by Crippen LogP contribution is 2.22. The lowest BCUT2D eigenvalue weighted by molar-refractivity contribution is 0.405. The summed E-state index contributed by atoms with van der Waals surface area (Å²) in [6.07, 6.45) is 1.08. The molecule has 1 aromatic heterocycles. The van der Waals surface area contributed by atoms with Crippen LogP contribution in [0, 0.1) is 0 Å². The molecule has 0 aliphatic rings. The van der Waals surface area contributed by atoms with Crippen molar-refractivity contribution in [2.24, 2.45) is 0 Å². The van der Waals surface area contributed by atoms with Crippen LogP contribution in [0.5, 0.6) is 0 Å². The Morgan fingerprint density at radius 1 is 1.00 bits per heavy atom. The van der Waals surface area contributed by atoms with E-state index in [1.807, 2.05) is 24.3 Å². The molecule has 130 valence electrons. The third-order valence-electron chi connectivity index (χ3n) is 3.92. The number of nitrogens with zero attached hydrogens (tertiary/aromatic N) is 4. The number of hydrogen-bond donors (Lipinski definition) is 1. The molecule has 0 unspecified atom stereocenters. The number of benzene rings is 1. The zero-order valence-corrected chi connectivity index (χ0v) is 15.3. The Bertz CT molecular complexity index is 608. The van der Waals surface area contributed by atoms with Crippen LogP contribution < -0.4 is 10.2 Å². The first-order chi connectivity index (χ1) is 11.6.